The highest BCUT2D eigenvalue weighted by Crippen LogP contribution is 2.18. The van der Waals surface area contributed by atoms with Crippen LogP contribution in [0, 0.1) is 10.1 Å². The van der Waals surface area contributed by atoms with E-state index < -0.39 is 17.6 Å². The van der Waals surface area contributed by atoms with Crippen molar-refractivity contribution >= 4 is 5.69 Å². The zero-order valence-corrected chi connectivity index (χ0v) is 8.57. The fourth-order valence-corrected chi connectivity index (χ4v) is 1.17. The Bertz CT molecular complexity index is 355. The molecule has 0 spiro atoms. The van der Waals surface area contributed by atoms with E-state index in [1.807, 2.05) is 0 Å². The topological polar surface area (TPSA) is 92.8 Å². The number of hydrogen-bond acceptors (Lipinski definition) is 5. The molecule has 1 atom stereocenters. The smallest absolute Gasteiger partial charge is 0.274 e. The second-order valence-electron chi connectivity index (χ2n) is 3.24. The summed E-state index contributed by atoms with van der Waals surface area (Å²) in [6.45, 7) is -0.409. The van der Waals surface area contributed by atoms with Crippen molar-refractivity contribution in [2.75, 3.05) is 13.2 Å². The number of hydrogen-bond donors (Lipinski definition) is 2. The van der Waals surface area contributed by atoms with Crippen LogP contribution >= 0.6 is 0 Å². The second kappa shape index (κ2) is 6.16. The molecule has 0 bridgehead atoms. The van der Waals surface area contributed by atoms with E-state index in [-0.39, 0.29) is 18.9 Å². The van der Waals surface area contributed by atoms with E-state index in [0.29, 0.717) is 5.56 Å². The van der Waals surface area contributed by atoms with Gasteiger partial charge in [-0.05, 0) is 6.07 Å². The molecule has 0 radical (unpaired) electrons. The lowest BCUT2D eigenvalue weighted by Gasteiger charge is -2.08. The summed E-state index contributed by atoms with van der Waals surface area (Å²) < 4.78 is 5.05. The molecule has 16 heavy (non-hydrogen) atoms. The highest BCUT2D eigenvalue weighted by Gasteiger charge is 2.12. The van der Waals surface area contributed by atoms with Crippen LogP contribution in [-0.4, -0.2) is 34.5 Å². The molecule has 1 unspecified atom stereocenters. The molecule has 0 heterocycles. The normalized spacial score (nSPS) is 12.4. The molecule has 6 heteroatoms. The highest BCUT2D eigenvalue weighted by atomic mass is 16.6. The van der Waals surface area contributed by atoms with Crippen molar-refractivity contribution in [2.45, 2.75) is 12.7 Å². The van der Waals surface area contributed by atoms with Crippen molar-refractivity contribution in [3.63, 3.8) is 0 Å². The van der Waals surface area contributed by atoms with E-state index >= 15 is 0 Å². The van der Waals surface area contributed by atoms with Crippen molar-refractivity contribution in [3.8, 4) is 0 Å². The van der Waals surface area contributed by atoms with Crippen LogP contribution in [0.15, 0.2) is 24.3 Å². The average Bonchev–Trinajstić information content (AvgIpc) is 2.29. The quantitative estimate of drug-likeness (QED) is 0.544. The molecule has 0 aromatic heterocycles. The maximum atomic E-state index is 10.6. The standard InChI is InChI=1S/C10H13NO5/c12-5-9(13)7-16-6-8-3-1-2-4-10(8)11(14)15/h1-4,9,12-13H,5-7H2. The molecule has 2 N–H and O–H groups in total. The molecular formula is C10H13NO5. The van der Waals surface area contributed by atoms with Crippen molar-refractivity contribution in [1.29, 1.82) is 0 Å². The number of para-hydroxylation sites is 1. The maximum absolute atomic E-state index is 10.6. The fraction of sp³-hybridized carbons (Fsp3) is 0.400. The molecule has 0 saturated heterocycles. The molecule has 1 aromatic rings. The zero-order chi connectivity index (χ0) is 12.0. The van der Waals surface area contributed by atoms with Crippen LogP contribution in [0.3, 0.4) is 0 Å². The number of aliphatic hydroxyl groups is 2. The monoisotopic (exact) mass is 227 g/mol. The third-order valence-electron chi connectivity index (χ3n) is 1.97. The van der Waals surface area contributed by atoms with Crippen LogP contribution in [0.4, 0.5) is 5.69 Å². The summed E-state index contributed by atoms with van der Waals surface area (Å²) in [5.74, 6) is 0. The number of ether oxygens (including phenoxy) is 1. The Labute approximate surface area is 92.2 Å². The minimum atomic E-state index is -0.956. The predicted molar refractivity (Wildman–Crippen MR) is 55.8 cm³/mol. The highest BCUT2D eigenvalue weighted by molar-refractivity contribution is 5.39. The van der Waals surface area contributed by atoms with Gasteiger partial charge < -0.3 is 14.9 Å². The van der Waals surface area contributed by atoms with Gasteiger partial charge in [0.15, 0.2) is 0 Å². The molecule has 0 saturated carbocycles. The van der Waals surface area contributed by atoms with Gasteiger partial charge in [-0.1, -0.05) is 12.1 Å². The van der Waals surface area contributed by atoms with Crippen LogP contribution in [0.25, 0.3) is 0 Å². The number of aliphatic hydroxyl groups excluding tert-OH is 2. The van der Waals surface area contributed by atoms with Crippen LogP contribution in [0.1, 0.15) is 5.56 Å². The summed E-state index contributed by atoms with van der Waals surface area (Å²) in [4.78, 5) is 10.2. The number of rotatable bonds is 6. The number of nitrogens with zero attached hydrogens (tertiary/aromatic N) is 1. The number of nitro groups is 1. The second-order valence-corrected chi connectivity index (χ2v) is 3.24. The van der Waals surface area contributed by atoms with Crippen molar-refractivity contribution in [3.05, 3.63) is 39.9 Å². The molecule has 0 aliphatic heterocycles. The van der Waals surface area contributed by atoms with Gasteiger partial charge in [-0.3, -0.25) is 10.1 Å². The largest absolute Gasteiger partial charge is 0.394 e. The van der Waals surface area contributed by atoms with Crippen molar-refractivity contribution in [2.24, 2.45) is 0 Å². The lowest BCUT2D eigenvalue weighted by molar-refractivity contribution is -0.386. The van der Waals surface area contributed by atoms with Gasteiger partial charge in [0, 0.05) is 6.07 Å². The molecule has 1 aromatic carbocycles. The molecule has 0 aliphatic rings. The minimum absolute atomic E-state index is 0.0130. The number of benzene rings is 1. The molecule has 0 amide bonds. The Morgan fingerprint density at radius 1 is 1.44 bits per heavy atom. The summed E-state index contributed by atoms with van der Waals surface area (Å²) in [5, 5.41) is 28.2. The average molecular weight is 227 g/mol. The van der Waals surface area contributed by atoms with Gasteiger partial charge in [0.25, 0.3) is 5.69 Å². The molecule has 0 aliphatic carbocycles. The van der Waals surface area contributed by atoms with E-state index in [2.05, 4.69) is 0 Å². The van der Waals surface area contributed by atoms with E-state index in [9.17, 15) is 10.1 Å². The van der Waals surface area contributed by atoms with E-state index in [1.165, 1.54) is 6.07 Å². The van der Waals surface area contributed by atoms with E-state index in [1.54, 1.807) is 18.2 Å². The summed E-state index contributed by atoms with van der Waals surface area (Å²) in [6, 6.07) is 6.23. The third-order valence-corrected chi connectivity index (χ3v) is 1.97. The minimum Gasteiger partial charge on any atom is -0.394 e. The molecule has 1 rings (SSSR count). The Morgan fingerprint density at radius 2 is 2.12 bits per heavy atom. The summed E-state index contributed by atoms with van der Waals surface area (Å²) in [6.07, 6.45) is -0.956. The lowest BCUT2D eigenvalue weighted by atomic mass is 10.2. The van der Waals surface area contributed by atoms with E-state index in [0.717, 1.165) is 0 Å². The van der Waals surface area contributed by atoms with Crippen LogP contribution < -0.4 is 0 Å². The Kier molecular flexibility index (Phi) is 4.84. The van der Waals surface area contributed by atoms with E-state index in [4.69, 9.17) is 14.9 Å². The van der Waals surface area contributed by atoms with Crippen molar-refractivity contribution in [1.82, 2.24) is 0 Å². The Balaban J connectivity index is 2.56. The van der Waals surface area contributed by atoms with Crippen LogP contribution in [0.5, 0.6) is 0 Å². The van der Waals surface area contributed by atoms with Gasteiger partial charge in [-0.15, -0.1) is 0 Å². The van der Waals surface area contributed by atoms with Gasteiger partial charge in [0.2, 0.25) is 0 Å². The first-order valence-corrected chi connectivity index (χ1v) is 4.74. The molecule has 88 valence electrons. The first-order valence-electron chi connectivity index (χ1n) is 4.74. The van der Waals surface area contributed by atoms with Gasteiger partial charge in [-0.2, -0.15) is 0 Å². The first-order chi connectivity index (χ1) is 7.65. The van der Waals surface area contributed by atoms with Gasteiger partial charge in [0.1, 0.15) is 6.10 Å². The molecule has 0 fully saturated rings. The zero-order valence-electron chi connectivity index (χ0n) is 8.57. The van der Waals surface area contributed by atoms with Crippen LogP contribution in [0.2, 0.25) is 0 Å². The Morgan fingerprint density at radius 3 is 2.75 bits per heavy atom. The summed E-state index contributed by atoms with van der Waals surface area (Å²) in [5.41, 5.74) is 0.429. The third kappa shape index (κ3) is 3.58. The molecular weight excluding hydrogens is 214 g/mol. The molecule has 6 nitrogen and oxygen atoms in total. The van der Waals surface area contributed by atoms with Crippen molar-refractivity contribution < 1.29 is 19.9 Å². The fourth-order valence-electron chi connectivity index (χ4n) is 1.17. The SMILES string of the molecule is O=[N+]([O-])c1ccccc1COCC(O)CO. The van der Waals surface area contributed by atoms with Gasteiger partial charge in [-0.25, -0.2) is 0 Å². The Hall–Kier alpha value is -1.50. The number of nitro benzene ring substituents is 1. The van der Waals surface area contributed by atoms with Gasteiger partial charge in [0.05, 0.1) is 30.3 Å². The maximum Gasteiger partial charge on any atom is 0.274 e. The van der Waals surface area contributed by atoms with Gasteiger partial charge >= 0.3 is 0 Å². The first kappa shape index (κ1) is 12.6. The summed E-state index contributed by atoms with van der Waals surface area (Å²) >= 11 is 0. The predicted octanol–water partition coefficient (Wildman–Crippen LogP) is 0.465. The lowest BCUT2D eigenvalue weighted by Crippen LogP contribution is -2.19. The summed E-state index contributed by atoms with van der Waals surface area (Å²) in [7, 11) is 0. The van der Waals surface area contributed by atoms with Crippen LogP contribution in [-0.2, 0) is 11.3 Å².